The minimum atomic E-state index is -0.890. The number of nitrogens with one attached hydrogen (secondary N) is 1. The molecule has 0 aliphatic heterocycles. The van der Waals surface area contributed by atoms with Crippen LogP contribution in [0.4, 0.5) is 4.39 Å². The lowest BCUT2D eigenvalue weighted by molar-refractivity contribution is -0.138. The highest BCUT2D eigenvalue weighted by molar-refractivity contribution is 6.31. The van der Waals surface area contributed by atoms with Crippen LogP contribution in [-0.4, -0.2) is 23.5 Å². The maximum Gasteiger partial charge on any atom is 0.303 e. The summed E-state index contributed by atoms with van der Waals surface area (Å²) in [5.74, 6) is -2.05. The van der Waals surface area contributed by atoms with Crippen molar-refractivity contribution in [2.75, 3.05) is 6.54 Å². The predicted octanol–water partition coefficient (Wildman–Crippen LogP) is 2.81. The lowest BCUT2D eigenvalue weighted by Gasteiger charge is -2.10. The van der Waals surface area contributed by atoms with Gasteiger partial charge < -0.3 is 10.4 Å². The Labute approximate surface area is 127 Å². The predicted molar refractivity (Wildman–Crippen MR) is 76.7 cm³/mol. The second-order valence-electron chi connectivity index (χ2n) is 5.53. The zero-order valence-corrected chi connectivity index (χ0v) is 12.4. The summed E-state index contributed by atoms with van der Waals surface area (Å²) in [6.07, 6.45) is 0.577. The molecule has 6 heteroatoms. The summed E-state index contributed by atoms with van der Waals surface area (Å²) in [4.78, 5) is 22.5. The van der Waals surface area contributed by atoms with Crippen molar-refractivity contribution in [3.63, 3.8) is 0 Å². The molecule has 1 saturated carbocycles. The number of hydrogen-bond acceptors (Lipinski definition) is 2. The molecule has 1 amide bonds. The fraction of sp³-hybridized carbons (Fsp3) is 0.467. The number of aliphatic carboxylic acids is 1. The average molecular weight is 314 g/mol. The summed E-state index contributed by atoms with van der Waals surface area (Å²) >= 11 is 5.98. The fourth-order valence-corrected chi connectivity index (χ4v) is 2.75. The second-order valence-corrected chi connectivity index (χ2v) is 5.94. The van der Waals surface area contributed by atoms with Crippen LogP contribution in [-0.2, 0) is 9.59 Å². The fourth-order valence-electron chi connectivity index (χ4n) is 2.44. The van der Waals surface area contributed by atoms with Crippen molar-refractivity contribution in [2.45, 2.75) is 25.7 Å². The first-order valence-corrected chi connectivity index (χ1v) is 7.21. The molecule has 1 aromatic carbocycles. The lowest BCUT2D eigenvalue weighted by Crippen LogP contribution is -2.30. The highest BCUT2D eigenvalue weighted by Crippen LogP contribution is 2.50. The van der Waals surface area contributed by atoms with E-state index in [0.29, 0.717) is 23.6 Å². The first-order chi connectivity index (χ1) is 9.90. The molecule has 1 aliphatic rings. The largest absolute Gasteiger partial charge is 0.481 e. The van der Waals surface area contributed by atoms with Crippen LogP contribution in [0.1, 0.15) is 31.2 Å². The maximum atomic E-state index is 13.8. The van der Waals surface area contributed by atoms with Crippen LogP contribution in [0.2, 0.25) is 5.02 Å². The zero-order valence-electron chi connectivity index (χ0n) is 11.6. The van der Waals surface area contributed by atoms with Crippen LogP contribution in [0.15, 0.2) is 18.2 Å². The van der Waals surface area contributed by atoms with Crippen molar-refractivity contribution in [1.29, 1.82) is 0 Å². The summed E-state index contributed by atoms with van der Waals surface area (Å²) < 4.78 is 13.8. The molecule has 2 rings (SSSR count). The Kier molecular flexibility index (Phi) is 4.83. The number of carbonyl (C=O) groups is 2. The summed E-state index contributed by atoms with van der Waals surface area (Å²) in [7, 11) is 0. The van der Waals surface area contributed by atoms with Gasteiger partial charge in [0, 0.05) is 35.4 Å². The topological polar surface area (TPSA) is 66.4 Å². The Hall–Kier alpha value is -1.62. The first kappa shape index (κ1) is 15.8. The van der Waals surface area contributed by atoms with Gasteiger partial charge in [0.25, 0.3) is 0 Å². The summed E-state index contributed by atoms with van der Waals surface area (Å²) in [5.41, 5.74) is 0.401. The Morgan fingerprint density at radius 3 is 2.86 bits per heavy atom. The number of amides is 1. The number of hydrogen-bond donors (Lipinski definition) is 2. The van der Waals surface area contributed by atoms with Crippen LogP contribution in [0, 0.1) is 17.7 Å². The van der Waals surface area contributed by atoms with E-state index in [9.17, 15) is 14.0 Å². The van der Waals surface area contributed by atoms with Gasteiger partial charge in [0.1, 0.15) is 5.82 Å². The second kappa shape index (κ2) is 6.43. The standard InChI is InChI=1S/C15H17ClFNO3/c1-8(5-13(19)20)7-18-15(21)10-6-9(10)14-11(16)3-2-4-12(14)17/h2-4,8-10H,5-7H2,1H3,(H,18,21)(H,19,20)/t8-,9+,10-/m0/s1. The van der Waals surface area contributed by atoms with E-state index in [1.807, 2.05) is 0 Å². The lowest BCUT2D eigenvalue weighted by atomic mass is 10.1. The highest BCUT2D eigenvalue weighted by Gasteiger charge is 2.46. The molecule has 0 heterocycles. The molecular weight excluding hydrogens is 297 g/mol. The monoisotopic (exact) mass is 313 g/mol. The third-order valence-corrected chi connectivity index (χ3v) is 3.98. The molecule has 3 atom stereocenters. The quantitative estimate of drug-likeness (QED) is 0.848. The summed E-state index contributed by atoms with van der Waals surface area (Å²) in [6.45, 7) is 2.06. The SMILES string of the molecule is C[C@H](CNC(=O)[C@H]1C[C@H]1c1c(F)cccc1Cl)CC(=O)O. The molecule has 1 aliphatic carbocycles. The molecule has 4 nitrogen and oxygen atoms in total. The van der Waals surface area contributed by atoms with Crippen molar-refractivity contribution in [1.82, 2.24) is 5.32 Å². The number of carboxylic acids is 1. The van der Waals surface area contributed by atoms with E-state index < -0.39 is 5.97 Å². The van der Waals surface area contributed by atoms with E-state index in [0.717, 1.165) is 0 Å². The molecule has 1 fully saturated rings. The smallest absolute Gasteiger partial charge is 0.303 e. The Bertz CT molecular complexity index is 544. The van der Waals surface area contributed by atoms with Crippen LogP contribution >= 0.6 is 11.6 Å². The van der Waals surface area contributed by atoms with E-state index in [-0.39, 0.29) is 35.9 Å². The Balaban J connectivity index is 1.88. The molecule has 1 aromatic rings. The molecule has 114 valence electrons. The van der Waals surface area contributed by atoms with Gasteiger partial charge in [-0.2, -0.15) is 0 Å². The van der Waals surface area contributed by atoms with Crippen LogP contribution in [0.5, 0.6) is 0 Å². The number of rotatable bonds is 6. The van der Waals surface area contributed by atoms with E-state index in [1.165, 1.54) is 12.1 Å². The van der Waals surface area contributed by atoms with Crippen LogP contribution in [0.3, 0.4) is 0 Å². The molecule has 0 aromatic heterocycles. The van der Waals surface area contributed by atoms with Crippen molar-refractivity contribution in [2.24, 2.45) is 11.8 Å². The van der Waals surface area contributed by atoms with Crippen molar-refractivity contribution in [3.8, 4) is 0 Å². The number of carboxylic acid groups (broad SMARTS) is 1. The third-order valence-electron chi connectivity index (χ3n) is 3.65. The van der Waals surface area contributed by atoms with E-state index >= 15 is 0 Å². The molecule has 0 spiro atoms. The van der Waals surface area contributed by atoms with Gasteiger partial charge in [-0.15, -0.1) is 0 Å². The minimum Gasteiger partial charge on any atom is -0.481 e. The van der Waals surface area contributed by atoms with Gasteiger partial charge in [0.2, 0.25) is 5.91 Å². The van der Waals surface area contributed by atoms with Gasteiger partial charge in [-0.1, -0.05) is 24.6 Å². The molecule has 0 bridgehead atoms. The average Bonchev–Trinajstić information content (AvgIpc) is 3.15. The molecule has 21 heavy (non-hydrogen) atoms. The van der Waals surface area contributed by atoms with E-state index in [1.54, 1.807) is 13.0 Å². The molecule has 0 unspecified atom stereocenters. The van der Waals surface area contributed by atoms with Gasteiger partial charge >= 0.3 is 5.97 Å². The van der Waals surface area contributed by atoms with E-state index in [4.69, 9.17) is 16.7 Å². The van der Waals surface area contributed by atoms with Crippen molar-refractivity contribution in [3.05, 3.63) is 34.6 Å². The third kappa shape index (κ3) is 3.94. The number of benzene rings is 1. The summed E-state index contributed by atoms with van der Waals surface area (Å²) in [6, 6.07) is 4.48. The first-order valence-electron chi connectivity index (χ1n) is 6.83. The molecule has 2 N–H and O–H groups in total. The minimum absolute atomic E-state index is 0.00746. The number of halogens is 2. The van der Waals surface area contributed by atoms with Crippen molar-refractivity contribution >= 4 is 23.5 Å². The van der Waals surface area contributed by atoms with Crippen LogP contribution < -0.4 is 5.32 Å². The Morgan fingerprint density at radius 1 is 1.52 bits per heavy atom. The van der Waals surface area contributed by atoms with Gasteiger partial charge in [-0.3, -0.25) is 9.59 Å². The van der Waals surface area contributed by atoms with Crippen molar-refractivity contribution < 1.29 is 19.1 Å². The van der Waals surface area contributed by atoms with E-state index in [2.05, 4.69) is 5.32 Å². The summed E-state index contributed by atoms with van der Waals surface area (Å²) in [5, 5.41) is 11.7. The Morgan fingerprint density at radius 2 is 2.24 bits per heavy atom. The molecule has 0 radical (unpaired) electrons. The van der Waals surface area contributed by atoms with Crippen LogP contribution in [0.25, 0.3) is 0 Å². The van der Waals surface area contributed by atoms with Gasteiger partial charge in [0.05, 0.1) is 0 Å². The highest BCUT2D eigenvalue weighted by atomic mass is 35.5. The van der Waals surface area contributed by atoms with Gasteiger partial charge in [-0.25, -0.2) is 4.39 Å². The zero-order chi connectivity index (χ0) is 15.6. The molecular formula is C15H17ClFNO3. The van der Waals surface area contributed by atoms with Gasteiger partial charge in [0.15, 0.2) is 0 Å². The number of carbonyl (C=O) groups excluding carboxylic acids is 1. The normalized spacial score (nSPS) is 21.7. The van der Waals surface area contributed by atoms with Gasteiger partial charge in [-0.05, 0) is 24.5 Å². The molecule has 0 saturated heterocycles. The maximum absolute atomic E-state index is 13.8.